The molecule has 1 aliphatic rings. The Hall–Kier alpha value is -0.120. The van der Waals surface area contributed by atoms with E-state index in [1.807, 2.05) is 0 Å². The Morgan fingerprint density at radius 1 is 1.20 bits per heavy atom. The molecule has 1 rings (SSSR count). The molecule has 15 heavy (non-hydrogen) atoms. The summed E-state index contributed by atoms with van der Waals surface area (Å²) in [6.45, 7) is 9.44. The van der Waals surface area contributed by atoms with Gasteiger partial charge in [0.2, 0.25) is 0 Å². The molecule has 0 amide bonds. The van der Waals surface area contributed by atoms with Crippen molar-refractivity contribution in [3.63, 3.8) is 0 Å². The zero-order valence-electron chi connectivity index (χ0n) is 10.3. The van der Waals surface area contributed by atoms with Crippen LogP contribution in [0.3, 0.4) is 0 Å². The zero-order chi connectivity index (χ0) is 11.1. The molecule has 0 aliphatic carbocycles. The van der Waals surface area contributed by atoms with Crippen LogP contribution in [-0.2, 0) is 4.74 Å². The van der Waals surface area contributed by atoms with Crippen LogP contribution in [0.15, 0.2) is 0 Å². The van der Waals surface area contributed by atoms with Crippen LogP contribution in [0.2, 0.25) is 0 Å². The van der Waals surface area contributed by atoms with Crippen LogP contribution in [0.25, 0.3) is 0 Å². The first kappa shape index (κ1) is 12.9. The van der Waals surface area contributed by atoms with Crippen molar-refractivity contribution in [3.8, 4) is 0 Å². The molecule has 3 heteroatoms. The number of rotatable bonds is 6. The van der Waals surface area contributed by atoms with Crippen molar-refractivity contribution in [2.45, 2.75) is 45.1 Å². The summed E-state index contributed by atoms with van der Waals surface area (Å²) in [5.74, 6) is 0. The highest BCUT2D eigenvalue weighted by molar-refractivity contribution is 4.84. The highest BCUT2D eigenvalue weighted by Gasteiger charge is 2.29. The Morgan fingerprint density at radius 3 is 2.60 bits per heavy atom. The number of nitrogens with two attached hydrogens (primary N) is 1. The van der Waals surface area contributed by atoms with E-state index in [9.17, 15) is 0 Å². The van der Waals surface area contributed by atoms with E-state index in [0.29, 0.717) is 0 Å². The minimum atomic E-state index is 0.228. The van der Waals surface area contributed by atoms with Gasteiger partial charge in [-0.1, -0.05) is 12.8 Å². The van der Waals surface area contributed by atoms with Crippen LogP contribution < -0.4 is 5.73 Å². The number of hydrogen-bond donors (Lipinski definition) is 1. The van der Waals surface area contributed by atoms with Crippen LogP contribution in [-0.4, -0.2) is 43.3 Å². The Balaban J connectivity index is 2.13. The largest absolute Gasteiger partial charge is 0.378 e. The number of ether oxygens (including phenoxy) is 1. The molecule has 0 spiro atoms. The average Bonchev–Trinajstić information content (AvgIpc) is 2.19. The Morgan fingerprint density at radius 2 is 1.93 bits per heavy atom. The summed E-state index contributed by atoms with van der Waals surface area (Å²) in [7, 11) is 0. The lowest BCUT2D eigenvalue weighted by Gasteiger charge is -2.42. The maximum atomic E-state index is 5.50. The molecule has 1 aliphatic heterocycles. The first-order valence-electron chi connectivity index (χ1n) is 6.20. The highest BCUT2D eigenvalue weighted by Crippen LogP contribution is 2.19. The molecule has 0 radical (unpaired) electrons. The smallest absolute Gasteiger partial charge is 0.0645 e. The van der Waals surface area contributed by atoms with Gasteiger partial charge >= 0.3 is 0 Å². The third-order valence-corrected chi connectivity index (χ3v) is 3.20. The summed E-state index contributed by atoms with van der Waals surface area (Å²) in [4.78, 5) is 2.55. The molecule has 0 saturated carbocycles. The van der Waals surface area contributed by atoms with Gasteiger partial charge < -0.3 is 10.5 Å². The fourth-order valence-corrected chi connectivity index (χ4v) is 2.11. The van der Waals surface area contributed by atoms with Crippen LogP contribution in [0, 0.1) is 0 Å². The van der Waals surface area contributed by atoms with E-state index in [-0.39, 0.29) is 5.54 Å². The number of hydrogen-bond acceptors (Lipinski definition) is 3. The van der Waals surface area contributed by atoms with Crippen molar-refractivity contribution in [1.82, 2.24) is 4.90 Å². The molecule has 1 saturated heterocycles. The minimum absolute atomic E-state index is 0.228. The van der Waals surface area contributed by atoms with Crippen molar-refractivity contribution < 1.29 is 4.74 Å². The molecule has 0 unspecified atom stereocenters. The molecule has 0 aromatic rings. The maximum Gasteiger partial charge on any atom is 0.0645 e. The lowest BCUT2D eigenvalue weighted by atomic mass is 10.0. The van der Waals surface area contributed by atoms with E-state index >= 15 is 0 Å². The Kier molecular flexibility index (Phi) is 5.58. The van der Waals surface area contributed by atoms with Gasteiger partial charge in [0.15, 0.2) is 0 Å². The standard InChI is InChI=1S/C12H26N2O/c1-12(2)11-15-10-9-14(12)8-6-4-3-5-7-13/h3-11,13H2,1-2H3. The van der Waals surface area contributed by atoms with E-state index in [2.05, 4.69) is 18.7 Å². The van der Waals surface area contributed by atoms with Crippen molar-refractivity contribution >= 4 is 0 Å². The van der Waals surface area contributed by atoms with Gasteiger partial charge in [-0.3, -0.25) is 4.90 Å². The van der Waals surface area contributed by atoms with Crippen LogP contribution in [0.1, 0.15) is 39.5 Å². The van der Waals surface area contributed by atoms with Crippen molar-refractivity contribution in [2.75, 3.05) is 32.8 Å². The predicted octanol–water partition coefficient (Wildman–Crippen LogP) is 1.62. The maximum absolute atomic E-state index is 5.50. The predicted molar refractivity (Wildman–Crippen MR) is 64.0 cm³/mol. The highest BCUT2D eigenvalue weighted by atomic mass is 16.5. The lowest BCUT2D eigenvalue weighted by Crippen LogP contribution is -2.53. The molecule has 90 valence electrons. The second-order valence-electron chi connectivity index (χ2n) is 5.05. The summed E-state index contributed by atoms with van der Waals surface area (Å²) < 4.78 is 5.50. The second kappa shape index (κ2) is 6.46. The minimum Gasteiger partial charge on any atom is -0.378 e. The topological polar surface area (TPSA) is 38.5 Å². The number of nitrogens with zero attached hydrogens (tertiary/aromatic N) is 1. The molecule has 0 bridgehead atoms. The van der Waals surface area contributed by atoms with Crippen molar-refractivity contribution in [3.05, 3.63) is 0 Å². The first-order valence-corrected chi connectivity index (χ1v) is 6.20. The van der Waals surface area contributed by atoms with Crippen molar-refractivity contribution in [1.29, 1.82) is 0 Å². The van der Waals surface area contributed by atoms with E-state index in [1.54, 1.807) is 0 Å². The fraction of sp³-hybridized carbons (Fsp3) is 1.00. The molecule has 0 atom stereocenters. The summed E-state index contributed by atoms with van der Waals surface area (Å²) in [5.41, 5.74) is 5.70. The first-order chi connectivity index (χ1) is 7.17. The van der Waals surface area contributed by atoms with E-state index < -0.39 is 0 Å². The zero-order valence-corrected chi connectivity index (χ0v) is 10.3. The van der Waals surface area contributed by atoms with E-state index in [0.717, 1.165) is 26.3 Å². The van der Waals surface area contributed by atoms with Gasteiger partial charge in [-0.25, -0.2) is 0 Å². The van der Waals surface area contributed by atoms with Gasteiger partial charge in [0, 0.05) is 12.1 Å². The summed E-state index contributed by atoms with van der Waals surface area (Å²) in [6.07, 6.45) is 5.06. The molecule has 2 N–H and O–H groups in total. The summed E-state index contributed by atoms with van der Waals surface area (Å²) in [5, 5.41) is 0. The molecule has 1 heterocycles. The van der Waals surface area contributed by atoms with E-state index in [1.165, 1.54) is 32.2 Å². The van der Waals surface area contributed by atoms with Crippen LogP contribution in [0.4, 0.5) is 0 Å². The van der Waals surface area contributed by atoms with Gasteiger partial charge in [-0.05, 0) is 39.8 Å². The normalized spacial score (nSPS) is 21.8. The van der Waals surface area contributed by atoms with Crippen LogP contribution in [0.5, 0.6) is 0 Å². The summed E-state index contributed by atoms with van der Waals surface area (Å²) in [6, 6.07) is 0. The van der Waals surface area contributed by atoms with Crippen molar-refractivity contribution in [2.24, 2.45) is 5.73 Å². The van der Waals surface area contributed by atoms with Gasteiger partial charge in [0.1, 0.15) is 0 Å². The van der Waals surface area contributed by atoms with Gasteiger partial charge in [-0.15, -0.1) is 0 Å². The van der Waals surface area contributed by atoms with E-state index in [4.69, 9.17) is 10.5 Å². The van der Waals surface area contributed by atoms with Gasteiger partial charge in [-0.2, -0.15) is 0 Å². The van der Waals surface area contributed by atoms with Crippen LogP contribution >= 0.6 is 0 Å². The second-order valence-corrected chi connectivity index (χ2v) is 5.05. The molecule has 1 fully saturated rings. The molecular formula is C12H26N2O. The quantitative estimate of drug-likeness (QED) is 0.683. The monoisotopic (exact) mass is 214 g/mol. The van der Waals surface area contributed by atoms with Gasteiger partial charge in [0.05, 0.1) is 13.2 Å². The number of unbranched alkanes of at least 4 members (excludes halogenated alkanes) is 3. The third-order valence-electron chi connectivity index (χ3n) is 3.20. The summed E-state index contributed by atoms with van der Waals surface area (Å²) >= 11 is 0. The molecule has 0 aromatic heterocycles. The third kappa shape index (κ3) is 4.49. The fourth-order valence-electron chi connectivity index (χ4n) is 2.11. The Labute approximate surface area is 94.0 Å². The molecule has 0 aromatic carbocycles. The number of morpholine rings is 1. The SMILES string of the molecule is CC1(C)COCCN1CCCCCCN. The average molecular weight is 214 g/mol. The lowest BCUT2D eigenvalue weighted by molar-refractivity contribution is -0.0513. The molecule has 3 nitrogen and oxygen atoms in total. The molecular weight excluding hydrogens is 188 g/mol. The Bertz CT molecular complexity index is 171. The van der Waals surface area contributed by atoms with Gasteiger partial charge in [0.25, 0.3) is 0 Å².